The predicted octanol–water partition coefficient (Wildman–Crippen LogP) is 1.53. The fraction of sp³-hybridized carbons (Fsp3) is 0.500. The van der Waals surface area contributed by atoms with Gasteiger partial charge in [-0.2, -0.15) is 0 Å². The number of carbonyl (C=O) groups excluding carboxylic acids is 1. The highest BCUT2D eigenvalue weighted by Crippen LogP contribution is 2.11. The number of halogens is 1. The van der Waals surface area contributed by atoms with Crippen molar-refractivity contribution in [3.8, 4) is 5.75 Å². The van der Waals surface area contributed by atoms with Gasteiger partial charge in [-0.3, -0.25) is 4.79 Å². The monoisotopic (exact) mass is 284 g/mol. The van der Waals surface area contributed by atoms with E-state index in [1.807, 2.05) is 24.3 Å². The minimum atomic E-state index is 0. The Morgan fingerprint density at radius 3 is 2.74 bits per heavy atom. The first-order valence-electron chi connectivity index (χ1n) is 6.43. The van der Waals surface area contributed by atoms with Gasteiger partial charge in [0.1, 0.15) is 5.75 Å². The number of benzene rings is 1. The Balaban J connectivity index is 0.00000180. The molecule has 5 heteroatoms. The molecule has 1 aromatic rings. The number of hydrogen-bond acceptors (Lipinski definition) is 3. The van der Waals surface area contributed by atoms with Gasteiger partial charge in [0.2, 0.25) is 5.91 Å². The number of methoxy groups -OCH3 is 1. The van der Waals surface area contributed by atoms with Gasteiger partial charge in [-0.25, -0.2) is 0 Å². The third kappa shape index (κ3) is 4.73. The fourth-order valence-electron chi connectivity index (χ4n) is 2.15. The van der Waals surface area contributed by atoms with Crippen molar-refractivity contribution in [1.29, 1.82) is 0 Å². The van der Waals surface area contributed by atoms with E-state index in [2.05, 4.69) is 10.6 Å². The van der Waals surface area contributed by atoms with Gasteiger partial charge in [0.15, 0.2) is 0 Å². The van der Waals surface area contributed by atoms with Crippen LogP contribution in [0.15, 0.2) is 24.3 Å². The molecule has 1 fully saturated rings. The SMILES string of the molecule is COc1ccc(CCNC(=O)C2CCCN2)cc1.Cl. The highest BCUT2D eigenvalue weighted by atomic mass is 35.5. The molecule has 0 aliphatic carbocycles. The van der Waals surface area contributed by atoms with Crippen LogP contribution in [0.4, 0.5) is 0 Å². The standard InChI is InChI=1S/C14H20N2O2.ClH/c1-18-12-6-4-11(5-7-12)8-10-16-14(17)13-3-2-9-15-13;/h4-7,13,15H,2-3,8-10H2,1H3,(H,16,17);1H. The Morgan fingerprint density at radius 2 is 2.16 bits per heavy atom. The Hall–Kier alpha value is -1.26. The van der Waals surface area contributed by atoms with Crippen molar-refractivity contribution in [2.45, 2.75) is 25.3 Å². The van der Waals surface area contributed by atoms with Crippen molar-refractivity contribution in [3.05, 3.63) is 29.8 Å². The van der Waals surface area contributed by atoms with Crippen LogP contribution in [0.3, 0.4) is 0 Å². The van der Waals surface area contributed by atoms with Crippen molar-refractivity contribution in [2.24, 2.45) is 0 Å². The lowest BCUT2D eigenvalue weighted by molar-refractivity contribution is -0.122. The summed E-state index contributed by atoms with van der Waals surface area (Å²) in [7, 11) is 1.66. The molecule has 0 bridgehead atoms. The normalized spacial score (nSPS) is 17.6. The number of rotatable bonds is 5. The molecule has 1 aromatic carbocycles. The van der Waals surface area contributed by atoms with Crippen LogP contribution in [0.2, 0.25) is 0 Å². The first-order valence-corrected chi connectivity index (χ1v) is 6.43. The summed E-state index contributed by atoms with van der Waals surface area (Å²) < 4.78 is 5.10. The quantitative estimate of drug-likeness (QED) is 0.862. The zero-order valence-electron chi connectivity index (χ0n) is 11.1. The molecule has 1 aliphatic rings. The maximum absolute atomic E-state index is 11.7. The summed E-state index contributed by atoms with van der Waals surface area (Å²) in [6.07, 6.45) is 2.90. The lowest BCUT2D eigenvalue weighted by atomic mass is 10.1. The number of carbonyl (C=O) groups is 1. The maximum atomic E-state index is 11.7. The lowest BCUT2D eigenvalue weighted by Crippen LogP contribution is -2.41. The first kappa shape index (κ1) is 15.8. The first-order chi connectivity index (χ1) is 8.79. The Labute approximate surface area is 120 Å². The summed E-state index contributed by atoms with van der Waals surface area (Å²) in [6, 6.07) is 7.95. The van der Waals surface area contributed by atoms with Gasteiger partial charge in [-0.15, -0.1) is 12.4 Å². The van der Waals surface area contributed by atoms with Crippen LogP contribution in [0.1, 0.15) is 18.4 Å². The third-order valence-corrected chi connectivity index (χ3v) is 3.25. The molecule has 2 rings (SSSR count). The summed E-state index contributed by atoms with van der Waals surface area (Å²) >= 11 is 0. The molecule has 1 saturated heterocycles. The Kier molecular flexibility index (Phi) is 6.67. The molecule has 19 heavy (non-hydrogen) atoms. The molecule has 1 amide bonds. The summed E-state index contributed by atoms with van der Waals surface area (Å²) in [5.74, 6) is 0.985. The molecular weight excluding hydrogens is 264 g/mol. The lowest BCUT2D eigenvalue weighted by Gasteiger charge is -2.11. The van der Waals surface area contributed by atoms with E-state index in [1.54, 1.807) is 7.11 Å². The van der Waals surface area contributed by atoms with Crippen LogP contribution in [-0.2, 0) is 11.2 Å². The largest absolute Gasteiger partial charge is 0.497 e. The minimum absolute atomic E-state index is 0. The van der Waals surface area contributed by atoms with Gasteiger partial charge < -0.3 is 15.4 Å². The zero-order chi connectivity index (χ0) is 12.8. The smallest absolute Gasteiger partial charge is 0.237 e. The molecule has 0 radical (unpaired) electrons. The van der Waals surface area contributed by atoms with E-state index in [0.29, 0.717) is 6.54 Å². The van der Waals surface area contributed by atoms with Crippen molar-refractivity contribution >= 4 is 18.3 Å². The second kappa shape index (κ2) is 8.02. The van der Waals surface area contributed by atoms with Gasteiger partial charge >= 0.3 is 0 Å². The molecule has 0 saturated carbocycles. The topological polar surface area (TPSA) is 50.4 Å². The number of amides is 1. The summed E-state index contributed by atoms with van der Waals surface area (Å²) in [5.41, 5.74) is 1.20. The van der Waals surface area contributed by atoms with Crippen LogP contribution in [0.25, 0.3) is 0 Å². The molecule has 1 aliphatic heterocycles. The molecule has 4 nitrogen and oxygen atoms in total. The third-order valence-electron chi connectivity index (χ3n) is 3.25. The Morgan fingerprint density at radius 1 is 1.42 bits per heavy atom. The van der Waals surface area contributed by atoms with Crippen molar-refractivity contribution in [3.63, 3.8) is 0 Å². The average Bonchev–Trinajstić information content (AvgIpc) is 2.93. The van der Waals surface area contributed by atoms with Crippen LogP contribution in [0.5, 0.6) is 5.75 Å². The van der Waals surface area contributed by atoms with Gasteiger partial charge in [0.25, 0.3) is 0 Å². The van der Waals surface area contributed by atoms with Gasteiger partial charge in [0.05, 0.1) is 13.2 Å². The molecule has 0 spiro atoms. The van der Waals surface area contributed by atoms with E-state index in [1.165, 1.54) is 5.56 Å². The zero-order valence-corrected chi connectivity index (χ0v) is 12.0. The van der Waals surface area contributed by atoms with E-state index < -0.39 is 0 Å². The predicted molar refractivity (Wildman–Crippen MR) is 78.0 cm³/mol. The van der Waals surface area contributed by atoms with Crippen LogP contribution in [0, 0.1) is 0 Å². The van der Waals surface area contributed by atoms with Crippen LogP contribution < -0.4 is 15.4 Å². The number of nitrogens with one attached hydrogen (secondary N) is 2. The number of hydrogen-bond donors (Lipinski definition) is 2. The van der Waals surface area contributed by atoms with Gasteiger partial charge in [-0.05, 0) is 43.5 Å². The molecule has 2 N–H and O–H groups in total. The van der Waals surface area contributed by atoms with Crippen LogP contribution in [-0.4, -0.2) is 32.1 Å². The van der Waals surface area contributed by atoms with Crippen molar-refractivity contribution in [2.75, 3.05) is 20.2 Å². The molecule has 1 atom stereocenters. The molecule has 1 heterocycles. The summed E-state index contributed by atoms with van der Waals surface area (Å²) in [6.45, 7) is 1.64. The van der Waals surface area contributed by atoms with E-state index in [0.717, 1.165) is 31.6 Å². The molecule has 0 aromatic heterocycles. The second-order valence-electron chi connectivity index (χ2n) is 4.54. The average molecular weight is 285 g/mol. The number of ether oxygens (including phenoxy) is 1. The van der Waals surface area contributed by atoms with E-state index in [-0.39, 0.29) is 24.4 Å². The van der Waals surface area contributed by atoms with E-state index in [4.69, 9.17) is 4.74 Å². The molecule has 1 unspecified atom stereocenters. The second-order valence-corrected chi connectivity index (χ2v) is 4.54. The fourth-order valence-corrected chi connectivity index (χ4v) is 2.15. The highest BCUT2D eigenvalue weighted by Gasteiger charge is 2.21. The molecule has 106 valence electrons. The highest BCUT2D eigenvalue weighted by molar-refractivity contribution is 5.85. The van der Waals surface area contributed by atoms with Gasteiger partial charge in [0, 0.05) is 6.54 Å². The van der Waals surface area contributed by atoms with E-state index in [9.17, 15) is 4.79 Å². The van der Waals surface area contributed by atoms with Crippen molar-refractivity contribution < 1.29 is 9.53 Å². The minimum Gasteiger partial charge on any atom is -0.497 e. The van der Waals surface area contributed by atoms with Gasteiger partial charge in [-0.1, -0.05) is 12.1 Å². The van der Waals surface area contributed by atoms with Crippen molar-refractivity contribution in [1.82, 2.24) is 10.6 Å². The maximum Gasteiger partial charge on any atom is 0.237 e. The van der Waals surface area contributed by atoms with E-state index >= 15 is 0 Å². The summed E-state index contributed by atoms with van der Waals surface area (Å²) in [5, 5.41) is 6.16. The summed E-state index contributed by atoms with van der Waals surface area (Å²) in [4.78, 5) is 11.7. The van der Waals surface area contributed by atoms with Crippen LogP contribution >= 0.6 is 12.4 Å². The Bertz CT molecular complexity index is 389. The molecular formula is C14H21ClN2O2.